The molecule has 3 aromatic rings. The van der Waals surface area contributed by atoms with Crippen molar-refractivity contribution in [3.63, 3.8) is 0 Å². The molecule has 2 N–H and O–H groups in total. The zero-order valence-electron chi connectivity index (χ0n) is 16.2. The SMILES string of the molecule is NC(=O)N(c1ccc(C2=NCCc3ccc(F)cc32)cc1)c1ccccc1C(F)(F)F. The van der Waals surface area contributed by atoms with Gasteiger partial charge in [0.05, 0.1) is 22.6 Å². The summed E-state index contributed by atoms with van der Waals surface area (Å²) in [6.07, 6.45) is -3.96. The summed E-state index contributed by atoms with van der Waals surface area (Å²) in [5, 5.41) is 0. The van der Waals surface area contributed by atoms with Gasteiger partial charge in [-0.15, -0.1) is 0 Å². The highest BCUT2D eigenvalue weighted by Crippen LogP contribution is 2.39. The van der Waals surface area contributed by atoms with Crippen LogP contribution in [0.2, 0.25) is 0 Å². The lowest BCUT2D eigenvalue weighted by molar-refractivity contribution is -0.137. The zero-order valence-corrected chi connectivity index (χ0v) is 16.2. The van der Waals surface area contributed by atoms with E-state index in [1.807, 2.05) is 0 Å². The number of nitrogens with two attached hydrogens (primary N) is 1. The van der Waals surface area contributed by atoms with Crippen LogP contribution in [0.25, 0.3) is 0 Å². The second-order valence-electron chi connectivity index (χ2n) is 7.02. The number of fused-ring (bicyclic) bond motifs is 1. The number of primary amides is 1. The number of carbonyl (C=O) groups is 1. The number of para-hydroxylation sites is 1. The van der Waals surface area contributed by atoms with Crippen molar-refractivity contribution in [2.75, 3.05) is 11.4 Å². The quantitative estimate of drug-likeness (QED) is 0.555. The molecule has 1 aliphatic rings. The van der Waals surface area contributed by atoms with Crippen molar-refractivity contribution in [1.29, 1.82) is 0 Å². The summed E-state index contributed by atoms with van der Waals surface area (Å²) >= 11 is 0. The number of amides is 2. The number of urea groups is 1. The molecule has 158 valence electrons. The lowest BCUT2D eigenvalue weighted by Crippen LogP contribution is -2.33. The molecule has 0 aliphatic carbocycles. The van der Waals surface area contributed by atoms with Gasteiger partial charge in [0, 0.05) is 17.7 Å². The Kier molecular flexibility index (Phi) is 5.22. The van der Waals surface area contributed by atoms with Gasteiger partial charge in [-0.3, -0.25) is 9.89 Å². The van der Waals surface area contributed by atoms with Crippen molar-refractivity contribution in [2.24, 2.45) is 10.7 Å². The van der Waals surface area contributed by atoms with Crippen LogP contribution >= 0.6 is 0 Å². The van der Waals surface area contributed by atoms with Crippen LogP contribution in [0, 0.1) is 5.82 Å². The van der Waals surface area contributed by atoms with Crippen molar-refractivity contribution < 1.29 is 22.4 Å². The third-order valence-corrected chi connectivity index (χ3v) is 5.05. The van der Waals surface area contributed by atoms with Crippen LogP contribution in [-0.2, 0) is 12.6 Å². The molecule has 1 aliphatic heterocycles. The Hall–Kier alpha value is -3.68. The molecule has 0 bridgehead atoms. The zero-order chi connectivity index (χ0) is 22.2. The fourth-order valence-corrected chi connectivity index (χ4v) is 3.67. The van der Waals surface area contributed by atoms with Crippen molar-refractivity contribution in [3.8, 4) is 0 Å². The first-order valence-electron chi connectivity index (χ1n) is 9.45. The van der Waals surface area contributed by atoms with Gasteiger partial charge in [0.25, 0.3) is 0 Å². The molecule has 3 aromatic carbocycles. The van der Waals surface area contributed by atoms with E-state index < -0.39 is 17.8 Å². The van der Waals surface area contributed by atoms with Gasteiger partial charge >= 0.3 is 12.2 Å². The molecule has 1 heterocycles. The van der Waals surface area contributed by atoms with Crippen LogP contribution in [0.5, 0.6) is 0 Å². The number of benzene rings is 3. The lowest BCUT2D eigenvalue weighted by Gasteiger charge is -2.25. The van der Waals surface area contributed by atoms with Crippen LogP contribution in [0.4, 0.5) is 33.7 Å². The molecule has 0 atom stereocenters. The molecule has 0 fully saturated rings. The van der Waals surface area contributed by atoms with E-state index in [-0.39, 0.29) is 17.2 Å². The van der Waals surface area contributed by atoms with Gasteiger partial charge in [-0.25, -0.2) is 9.18 Å². The van der Waals surface area contributed by atoms with Crippen LogP contribution in [0.1, 0.15) is 22.3 Å². The minimum Gasteiger partial charge on any atom is -0.351 e. The average molecular weight is 427 g/mol. The summed E-state index contributed by atoms with van der Waals surface area (Å²) in [6.45, 7) is 0.544. The first kappa shape index (κ1) is 20.6. The Bertz CT molecular complexity index is 1170. The molecule has 2 amide bonds. The van der Waals surface area contributed by atoms with Crippen LogP contribution in [-0.4, -0.2) is 18.3 Å². The van der Waals surface area contributed by atoms with Gasteiger partial charge in [-0.05, 0) is 48.4 Å². The number of anilines is 2. The number of halogens is 4. The normalized spacial score (nSPS) is 13.4. The molecular weight excluding hydrogens is 410 g/mol. The first-order chi connectivity index (χ1) is 14.8. The number of hydrogen-bond acceptors (Lipinski definition) is 2. The smallest absolute Gasteiger partial charge is 0.351 e. The van der Waals surface area contributed by atoms with E-state index in [9.17, 15) is 22.4 Å². The molecular formula is C23H17F4N3O. The number of rotatable bonds is 3. The van der Waals surface area contributed by atoms with E-state index in [2.05, 4.69) is 4.99 Å². The van der Waals surface area contributed by atoms with Gasteiger partial charge in [0.1, 0.15) is 5.82 Å². The fraction of sp³-hybridized carbons (Fsp3) is 0.130. The third-order valence-electron chi connectivity index (χ3n) is 5.05. The van der Waals surface area contributed by atoms with Crippen molar-refractivity contribution >= 4 is 23.1 Å². The number of carbonyl (C=O) groups excluding carboxylic acids is 1. The second-order valence-corrected chi connectivity index (χ2v) is 7.02. The Balaban J connectivity index is 1.74. The molecule has 0 radical (unpaired) electrons. The Labute approximate surface area is 175 Å². The highest BCUT2D eigenvalue weighted by atomic mass is 19.4. The average Bonchev–Trinajstić information content (AvgIpc) is 2.73. The third kappa shape index (κ3) is 4.01. The van der Waals surface area contributed by atoms with Gasteiger partial charge < -0.3 is 5.73 Å². The molecule has 31 heavy (non-hydrogen) atoms. The number of hydrogen-bond donors (Lipinski definition) is 1. The van der Waals surface area contributed by atoms with Gasteiger partial charge in [0.15, 0.2) is 0 Å². The summed E-state index contributed by atoms with van der Waals surface area (Å²) in [5.41, 5.74) is 7.15. The maximum absolute atomic E-state index is 13.8. The number of aliphatic imine (C=N–C) groups is 1. The van der Waals surface area contributed by atoms with E-state index >= 15 is 0 Å². The number of nitrogens with zero attached hydrogens (tertiary/aromatic N) is 2. The monoisotopic (exact) mass is 427 g/mol. The van der Waals surface area contributed by atoms with Crippen molar-refractivity contribution in [2.45, 2.75) is 12.6 Å². The summed E-state index contributed by atoms with van der Waals surface area (Å²) in [4.78, 5) is 17.4. The van der Waals surface area contributed by atoms with Gasteiger partial charge in [-0.1, -0.05) is 30.3 Å². The molecule has 0 unspecified atom stereocenters. The molecule has 4 nitrogen and oxygen atoms in total. The molecule has 0 saturated heterocycles. The van der Waals surface area contributed by atoms with Crippen LogP contribution in [0.15, 0.2) is 71.7 Å². The van der Waals surface area contributed by atoms with Crippen LogP contribution < -0.4 is 10.6 Å². The Morgan fingerprint density at radius 1 is 1.00 bits per heavy atom. The molecule has 8 heteroatoms. The summed E-state index contributed by atoms with van der Waals surface area (Å²) in [7, 11) is 0. The summed E-state index contributed by atoms with van der Waals surface area (Å²) < 4.78 is 54.1. The summed E-state index contributed by atoms with van der Waals surface area (Å²) in [6, 6.07) is 14.4. The topological polar surface area (TPSA) is 58.7 Å². The number of alkyl halides is 3. The van der Waals surface area contributed by atoms with Gasteiger partial charge in [-0.2, -0.15) is 13.2 Å². The maximum Gasteiger partial charge on any atom is 0.418 e. The van der Waals surface area contributed by atoms with Crippen molar-refractivity contribution in [1.82, 2.24) is 0 Å². The molecule has 0 saturated carbocycles. The van der Waals surface area contributed by atoms with Crippen LogP contribution in [0.3, 0.4) is 0 Å². The Morgan fingerprint density at radius 2 is 1.71 bits per heavy atom. The van der Waals surface area contributed by atoms with E-state index in [1.165, 1.54) is 42.5 Å². The second kappa shape index (κ2) is 7.86. The van der Waals surface area contributed by atoms with E-state index in [0.717, 1.165) is 16.5 Å². The first-order valence-corrected chi connectivity index (χ1v) is 9.45. The Morgan fingerprint density at radius 3 is 2.39 bits per heavy atom. The van der Waals surface area contributed by atoms with E-state index in [4.69, 9.17) is 5.73 Å². The largest absolute Gasteiger partial charge is 0.418 e. The molecule has 4 rings (SSSR count). The van der Waals surface area contributed by atoms with Crippen molar-refractivity contribution in [3.05, 3.63) is 94.8 Å². The predicted molar refractivity (Wildman–Crippen MR) is 110 cm³/mol. The minimum atomic E-state index is -4.66. The van der Waals surface area contributed by atoms with Gasteiger partial charge in [0.2, 0.25) is 0 Å². The predicted octanol–water partition coefficient (Wildman–Crippen LogP) is 5.45. The molecule has 0 aromatic heterocycles. The maximum atomic E-state index is 13.8. The minimum absolute atomic E-state index is 0.170. The highest BCUT2D eigenvalue weighted by molar-refractivity contribution is 6.14. The fourth-order valence-electron chi connectivity index (χ4n) is 3.67. The highest BCUT2D eigenvalue weighted by Gasteiger charge is 2.36. The lowest BCUT2D eigenvalue weighted by atomic mass is 9.93. The standard InChI is InChI=1S/C23H17F4N3O/c24-16-8-5-14-11-12-29-21(18(14)13-16)15-6-9-17(10-7-15)30(22(28)31)20-4-2-1-3-19(20)23(25,26)27/h1-10,13H,11-12H2,(H2,28,31). The molecule has 0 spiro atoms. The van der Waals surface area contributed by atoms with E-state index in [1.54, 1.807) is 18.2 Å². The summed E-state index contributed by atoms with van der Waals surface area (Å²) in [5.74, 6) is -0.381. The van der Waals surface area contributed by atoms with E-state index in [0.29, 0.717) is 29.8 Å².